The van der Waals surface area contributed by atoms with Gasteiger partial charge in [0, 0.05) is 50.8 Å². The number of aromatic nitrogens is 1. The summed E-state index contributed by atoms with van der Waals surface area (Å²) in [5, 5.41) is 3.11. The van der Waals surface area contributed by atoms with Gasteiger partial charge in [0.1, 0.15) is 0 Å². The summed E-state index contributed by atoms with van der Waals surface area (Å²) >= 11 is 0. The number of para-hydroxylation sites is 1. The van der Waals surface area contributed by atoms with Gasteiger partial charge >= 0.3 is 6.03 Å². The molecule has 0 aliphatic carbocycles. The van der Waals surface area contributed by atoms with Gasteiger partial charge in [0.05, 0.1) is 0 Å². The first kappa shape index (κ1) is 18.4. The molecule has 0 atom stereocenters. The molecule has 2 amide bonds. The van der Waals surface area contributed by atoms with Crippen molar-refractivity contribution in [1.29, 1.82) is 0 Å². The van der Waals surface area contributed by atoms with Gasteiger partial charge < -0.3 is 10.2 Å². The molecule has 1 aliphatic rings. The van der Waals surface area contributed by atoms with Crippen molar-refractivity contribution in [2.24, 2.45) is 0 Å². The van der Waals surface area contributed by atoms with Gasteiger partial charge in [0.2, 0.25) is 0 Å². The SMILES string of the molecule is CC(C)(C)c1ccccc1NC(=O)N1CCN(Cc2cccnc2)CC1. The first-order valence-electron chi connectivity index (χ1n) is 9.20. The number of rotatable bonds is 3. The molecule has 5 heteroatoms. The number of amides is 2. The number of benzene rings is 1. The Balaban J connectivity index is 1.56. The Morgan fingerprint density at radius 2 is 1.81 bits per heavy atom. The van der Waals surface area contributed by atoms with E-state index in [4.69, 9.17) is 0 Å². The molecule has 2 heterocycles. The maximum Gasteiger partial charge on any atom is 0.321 e. The van der Waals surface area contributed by atoms with Gasteiger partial charge in [-0.15, -0.1) is 0 Å². The van der Waals surface area contributed by atoms with Crippen molar-refractivity contribution in [1.82, 2.24) is 14.8 Å². The number of hydrogen-bond donors (Lipinski definition) is 1. The van der Waals surface area contributed by atoms with Crippen molar-refractivity contribution in [3.05, 3.63) is 59.9 Å². The highest BCUT2D eigenvalue weighted by Crippen LogP contribution is 2.29. The maximum absolute atomic E-state index is 12.7. The van der Waals surface area contributed by atoms with Gasteiger partial charge in [-0.1, -0.05) is 45.0 Å². The van der Waals surface area contributed by atoms with E-state index in [-0.39, 0.29) is 11.4 Å². The van der Waals surface area contributed by atoms with E-state index in [1.807, 2.05) is 35.4 Å². The van der Waals surface area contributed by atoms with E-state index >= 15 is 0 Å². The minimum atomic E-state index is -0.0114. The molecule has 1 aliphatic heterocycles. The summed E-state index contributed by atoms with van der Waals surface area (Å²) in [5.74, 6) is 0. The normalized spacial score (nSPS) is 15.7. The van der Waals surface area contributed by atoms with Crippen LogP contribution in [-0.2, 0) is 12.0 Å². The molecule has 1 saturated heterocycles. The van der Waals surface area contributed by atoms with E-state index in [9.17, 15) is 4.79 Å². The fourth-order valence-corrected chi connectivity index (χ4v) is 3.30. The van der Waals surface area contributed by atoms with Crippen LogP contribution in [0.2, 0.25) is 0 Å². The second kappa shape index (κ2) is 7.87. The lowest BCUT2D eigenvalue weighted by Crippen LogP contribution is -2.49. The Morgan fingerprint density at radius 3 is 2.46 bits per heavy atom. The number of hydrogen-bond acceptors (Lipinski definition) is 3. The molecule has 1 fully saturated rings. The molecular formula is C21H28N4O. The molecule has 3 rings (SSSR count). The minimum absolute atomic E-state index is 0.00765. The Kier molecular flexibility index (Phi) is 5.57. The molecule has 1 aromatic heterocycles. The van der Waals surface area contributed by atoms with Crippen LogP contribution in [0.3, 0.4) is 0 Å². The number of carbonyl (C=O) groups excluding carboxylic acids is 1. The van der Waals surface area contributed by atoms with Crippen LogP contribution in [0.1, 0.15) is 31.9 Å². The molecule has 0 radical (unpaired) electrons. The molecule has 1 aromatic carbocycles. The predicted molar refractivity (Wildman–Crippen MR) is 105 cm³/mol. The Labute approximate surface area is 156 Å². The second-order valence-corrected chi connectivity index (χ2v) is 7.85. The first-order chi connectivity index (χ1) is 12.4. The number of pyridine rings is 1. The van der Waals surface area contributed by atoms with Crippen molar-refractivity contribution in [3.8, 4) is 0 Å². The third kappa shape index (κ3) is 4.61. The number of piperazine rings is 1. The van der Waals surface area contributed by atoms with Gasteiger partial charge in [-0.25, -0.2) is 4.79 Å². The number of anilines is 1. The number of nitrogens with zero attached hydrogens (tertiary/aromatic N) is 3. The zero-order valence-electron chi connectivity index (χ0n) is 15.9. The van der Waals surface area contributed by atoms with Gasteiger partial charge in [0.15, 0.2) is 0 Å². The van der Waals surface area contributed by atoms with Crippen molar-refractivity contribution in [2.45, 2.75) is 32.7 Å². The van der Waals surface area contributed by atoms with Gasteiger partial charge in [-0.2, -0.15) is 0 Å². The van der Waals surface area contributed by atoms with Crippen molar-refractivity contribution in [3.63, 3.8) is 0 Å². The lowest BCUT2D eigenvalue weighted by molar-refractivity contribution is 0.143. The highest BCUT2D eigenvalue weighted by atomic mass is 16.2. The molecule has 1 N–H and O–H groups in total. The average Bonchev–Trinajstić information content (AvgIpc) is 2.63. The molecule has 5 nitrogen and oxygen atoms in total. The van der Waals surface area contributed by atoms with E-state index in [1.54, 1.807) is 6.20 Å². The predicted octanol–water partition coefficient (Wildman–Crippen LogP) is 3.73. The number of nitrogens with one attached hydrogen (secondary N) is 1. The summed E-state index contributed by atoms with van der Waals surface area (Å²) in [7, 11) is 0. The molecule has 0 bridgehead atoms. The van der Waals surface area contributed by atoms with Crippen LogP contribution < -0.4 is 5.32 Å². The van der Waals surface area contributed by atoms with Crippen LogP contribution in [0.5, 0.6) is 0 Å². The first-order valence-corrected chi connectivity index (χ1v) is 9.20. The highest BCUT2D eigenvalue weighted by Gasteiger charge is 2.23. The summed E-state index contributed by atoms with van der Waals surface area (Å²) in [6.07, 6.45) is 3.70. The Morgan fingerprint density at radius 1 is 1.08 bits per heavy atom. The zero-order chi connectivity index (χ0) is 18.6. The van der Waals surface area contributed by atoms with E-state index < -0.39 is 0 Å². The van der Waals surface area contributed by atoms with Crippen LogP contribution in [0.4, 0.5) is 10.5 Å². The quantitative estimate of drug-likeness (QED) is 0.916. The van der Waals surface area contributed by atoms with Crippen LogP contribution in [0.25, 0.3) is 0 Å². The standard InChI is InChI=1S/C21H28N4O/c1-21(2,3)18-8-4-5-9-19(18)23-20(26)25-13-11-24(12-14-25)16-17-7-6-10-22-15-17/h4-10,15H,11-14,16H2,1-3H3,(H,23,26). The summed E-state index contributed by atoms with van der Waals surface area (Å²) in [6.45, 7) is 10.6. The summed E-state index contributed by atoms with van der Waals surface area (Å²) in [4.78, 5) is 21.1. The van der Waals surface area contributed by atoms with Crippen molar-refractivity contribution in [2.75, 3.05) is 31.5 Å². The highest BCUT2D eigenvalue weighted by molar-refractivity contribution is 5.90. The maximum atomic E-state index is 12.7. The molecular weight excluding hydrogens is 324 g/mol. The Bertz CT molecular complexity index is 731. The summed E-state index contributed by atoms with van der Waals surface area (Å²) in [5.41, 5.74) is 3.27. The zero-order valence-corrected chi connectivity index (χ0v) is 15.9. The lowest BCUT2D eigenvalue weighted by Gasteiger charge is -2.35. The summed E-state index contributed by atoms with van der Waals surface area (Å²) < 4.78 is 0. The van der Waals surface area contributed by atoms with E-state index in [1.165, 1.54) is 5.56 Å². The second-order valence-electron chi connectivity index (χ2n) is 7.85. The molecule has 0 unspecified atom stereocenters. The van der Waals surface area contributed by atoms with Gasteiger partial charge in [-0.3, -0.25) is 9.88 Å². The van der Waals surface area contributed by atoms with Gasteiger partial charge in [0.25, 0.3) is 0 Å². The van der Waals surface area contributed by atoms with E-state index in [0.29, 0.717) is 0 Å². The molecule has 2 aromatic rings. The molecule has 0 spiro atoms. The average molecular weight is 352 g/mol. The number of urea groups is 1. The third-order valence-corrected chi connectivity index (χ3v) is 4.77. The van der Waals surface area contributed by atoms with Crippen LogP contribution in [0, 0.1) is 0 Å². The molecule has 138 valence electrons. The smallest absolute Gasteiger partial charge is 0.321 e. The fourth-order valence-electron chi connectivity index (χ4n) is 3.30. The van der Waals surface area contributed by atoms with Crippen LogP contribution in [-0.4, -0.2) is 47.0 Å². The van der Waals surface area contributed by atoms with E-state index in [0.717, 1.165) is 44.0 Å². The van der Waals surface area contributed by atoms with Crippen molar-refractivity contribution >= 4 is 11.7 Å². The van der Waals surface area contributed by atoms with Crippen molar-refractivity contribution < 1.29 is 4.79 Å². The largest absolute Gasteiger partial charge is 0.322 e. The monoisotopic (exact) mass is 352 g/mol. The summed E-state index contributed by atoms with van der Waals surface area (Å²) in [6, 6.07) is 12.1. The van der Waals surface area contributed by atoms with Crippen LogP contribution in [0.15, 0.2) is 48.8 Å². The minimum Gasteiger partial charge on any atom is -0.322 e. The molecule has 0 saturated carbocycles. The Hall–Kier alpha value is -2.40. The van der Waals surface area contributed by atoms with E-state index in [2.05, 4.69) is 48.1 Å². The number of carbonyl (C=O) groups is 1. The lowest BCUT2D eigenvalue weighted by atomic mass is 9.86. The fraction of sp³-hybridized carbons (Fsp3) is 0.429. The third-order valence-electron chi connectivity index (χ3n) is 4.77. The van der Waals surface area contributed by atoms with Gasteiger partial charge in [-0.05, 0) is 28.7 Å². The topological polar surface area (TPSA) is 48.5 Å². The van der Waals surface area contributed by atoms with Crippen LogP contribution >= 0.6 is 0 Å². The molecule has 26 heavy (non-hydrogen) atoms.